The first-order valence-electron chi connectivity index (χ1n) is 8.17. The van der Waals surface area contributed by atoms with Gasteiger partial charge in [0.1, 0.15) is 0 Å². The molecule has 0 bridgehead atoms. The Bertz CT molecular complexity index is 375. The first-order valence-corrected chi connectivity index (χ1v) is 8.55. The number of halogens is 1. The largest absolute Gasteiger partial charge is 0.316 e. The molecule has 0 amide bonds. The van der Waals surface area contributed by atoms with E-state index in [0.717, 1.165) is 30.6 Å². The summed E-state index contributed by atoms with van der Waals surface area (Å²) in [5, 5.41) is 4.31. The Morgan fingerprint density at radius 2 is 1.71 bits per heavy atom. The maximum absolute atomic E-state index is 5.94. The van der Waals surface area contributed by atoms with E-state index in [9.17, 15) is 0 Å². The molecule has 120 valence electrons. The first kappa shape index (κ1) is 18.5. The molecule has 1 N–H and O–H groups in total. The van der Waals surface area contributed by atoms with Crippen LogP contribution in [0.3, 0.4) is 0 Å². The van der Waals surface area contributed by atoms with Crippen LogP contribution in [0.2, 0.25) is 5.02 Å². The van der Waals surface area contributed by atoms with Gasteiger partial charge in [0.25, 0.3) is 0 Å². The molecule has 0 aliphatic rings. The van der Waals surface area contributed by atoms with Crippen LogP contribution < -0.4 is 5.32 Å². The molecule has 1 aromatic carbocycles. The summed E-state index contributed by atoms with van der Waals surface area (Å²) in [4.78, 5) is 2.42. The van der Waals surface area contributed by atoms with Crippen molar-refractivity contribution in [3.05, 3.63) is 34.9 Å². The van der Waals surface area contributed by atoms with Crippen LogP contribution in [0.5, 0.6) is 0 Å². The minimum absolute atomic E-state index is 0.446. The molecule has 3 heteroatoms. The van der Waals surface area contributed by atoms with Crippen molar-refractivity contribution < 1.29 is 0 Å². The Kier molecular flexibility index (Phi) is 8.98. The van der Waals surface area contributed by atoms with Gasteiger partial charge in [-0.25, -0.2) is 0 Å². The van der Waals surface area contributed by atoms with Crippen LogP contribution in [-0.4, -0.2) is 31.6 Å². The van der Waals surface area contributed by atoms with E-state index >= 15 is 0 Å². The Balaban J connectivity index is 2.15. The normalized spacial score (nSPS) is 13.1. The fraction of sp³-hybridized carbons (Fsp3) is 0.667. The highest BCUT2D eigenvalue weighted by atomic mass is 35.5. The van der Waals surface area contributed by atoms with Gasteiger partial charge in [-0.1, -0.05) is 44.0 Å². The summed E-state index contributed by atoms with van der Waals surface area (Å²) in [7, 11) is 2.20. The maximum Gasteiger partial charge on any atom is 0.0406 e. The zero-order valence-corrected chi connectivity index (χ0v) is 14.8. The third-order valence-electron chi connectivity index (χ3n) is 3.93. The standard InChI is InChI=1S/C18H31ClN2/c1-15(2)14-20-12-6-5-7-13-21(4)16(3)17-8-10-18(19)11-9-17/h8-11,15-16,20H,5-7,12-14H2,1-4H3. The second-order valence-electron chi connectivity index (χ2n) is 6.37. The molecule has 0 aliphatic heterocycles. The molecule has 0 radical (unpaired) electrons. The fourth-order valence-electron chi connectivity index (χ4n) is 2.37. The van der Waals surface area contributed by atoms with Crippen molar-refractivity contribution in [1.82, 2.24) is 10.2 Å². The SMILES string of the molecule is CC(C)CNCCCCCN(C)C(C)c1ccc(Cl)cc1. The number of rotatable bonds is 10. The van der Waals surface area contributed by atoms with Gasteiger partial charge in [-0.15, -0.1) is 0 Å². The summed E-state index contributed by atoms with van der Waals surface area (Å²) >= 11 is 5.94. The Morgan fingerprint density at radius 3 is 2.33 bits per heavy atom. The van der Waals surface area contributed by atoms with E-state index in [-0.39, 0.29) is 0 Å². The van der Waals surface area contributed by atoms with Crippen molar-refractivity contribution in [1.29, 1.82) is 0 Å². The lowest BCUT2D eigenvalue weighted by molar-refractivity contribution is 0.255. The molecule has 0 spiro atoms. The van der Waals surface area contributed by atoms with Crippen molar-refractivity contribution in [2.75, 3.05) is 26.7 Å². The summed E-state index contributed by atoms with van der Waals surface area (Å²) in [6.45, 7) is 10.2. The highest BCUT2D eigenvalue weighted by Crippen LogP contribution is 2.21. The van der Waals surface area contributed by atoms with Gasteiger partial charge in [0.05, 0.1) is 0 Å². The van der Waals surface area contributed by atoms with E-state index in [1.807, 2.05) is 12.1 Å². The second kappa shape index (κ2) is 10.2. The number of hydrogen-bond acceptors (Lipinski definition) is 2. The average molecular weight is 311 g/mol. The molecule has 0 aliphatic carbocycles. The van der Waals surface area contributed by atoms with Gasteiger partial charge in [-0.05, 0) is 70.1 Å². The van der Waals surface area contributed by atoms with Gasteiger partial charge in [0.2, 0.25) is 0 Å². The van der Waals surface area contributed by atoms with E-state index in [1.54, 1.807) is 0 Å². The van der Waals surface area contributed by atoms with E-state index in [0.29, 0.717) is 6.04 Å². The van der Waals surface area contributed by atoms with E-state index in [4.69, 9.17) is 11.6 Å². The minimum atomic E-state index is 0.446. The second-order valence-corrected chi connectivity index (χ2v) is 6.80. The average Bonchev–Trinajstić information content (AvgIpc) is 2.45. The molecule has 2 nitrogen and oxygen atoms in total. The smallest absolute Gasteiger partial charge is 0.0406 e. The van der Waals surface area contributed by atoms with Gasteiger partial charge in [-0.3, -0.25) is 4.90 Å². The number of benzene rings is 1. The molecule has 0 heterocycles. The molecule has 0 saturated heterocycles. The topological polar surface area (TPSA) is 15.3 Å². The third-order valence-corrected chi connectivity index (χ3v) is 4.18. The molecule has 0 fully saturated rings. The quantitative estimate of drug-likeness (QED) is 0.627. The third kappa shape index (κ3) is 7.85. The van der Waals surface area contributed by atoms with Crippen molar-refractivity contribution >= 4 is 11.6 Å². The summed E-state index contributed by atoms with van der Waals surface area (Å²) in [6, 6.07) is 8.64. The molecule has 0 aromatic heterocycles. The van der Waals surface area contributed by atoms with Crippen molar-refractivity contribution in [3.63, 3.8) is 0 Å². The van der Waals surface area contributed by atoms with Gasteiger partial charge < -0.3 is 5.32 Å². The molecular weight excluding hydrogens is 280 g/mol. The van der Waals surface area contributed by atoms with Crippen LogP contribution in [0, 0.1) is 5.92 Å². The van der Waals surface area contributed by atoms with Gasteiger partial charge in [0, 0.05) is 11.1 Å². The van der Waals surface area contributed by atoms with Crippen LogP contribution in [-0.2, 0) is 0 Å². The number of unbranched alkanes of at least 4 members (excludes halogenated alkanes) is 2. The molecule has 1 rings (SSSR count). The van der Waals surface area contributed by atoms with E-state index in [2.05, 4.69) is 50.2 Å². The van der Waals surface area contributed by atoms with Crippen molar-refractivity contribution in [2.45, 2.75) is 46.1 Å². The van der Waals surface area contributed by atoms with Gasteiger partial charge >= 0.3 is 0 Å². The Labute approximate surface area is 135 Å². The predicted octanol–water partition coefficient (Wildman–Crippen LogP) is 4.75. The molecule has 1 atom stereocenters. The van der Waals surface area contributed by atoms with Crippen LogP contribution in [0.15, 0.2) is 24.3 Å². The number of hydrogen-bond donors (Lipinski definition) is 1. The first-order chi connectivity index (χ1) is 10.0. The fourth-order valence-corrected chi connectivity index (χ4v) is 2.49. The lowest BCUT2D eigenvalue weighted by Gasteiger charge is -2.25. The summed E-state index contributed by atoms with van der Waals surface area (Å²) < 4.78 is 0. The lowest BCUT2D eigenvalue weighted by Crippen LogP contribution is -2.24. The molecule has 0 saturated carbocycles. The van der Waals surface area contributed by atoms with Crippen LogP contribution >= 0.6 is 11.6 Å². The maximum atomic E-state index is 5.94. The van der Waals surface area contributed by atoms with Gasteiger partial charge in [-0.2, -0.15) is 0 Å². The van der Waals surface area contributed by atoms with Crippen molar-refractivity contribution in [3.8, 4) is 0 Å². The number of nitrogens with zero attached hydrogens (tertiary/aromatic N) is 1. The predicted molar refractivity (Wildman–Crippen MR) is 94.1 cm³/mol. The minimum Gasteiger partial charge on any atom is -0.316 e. The zero-order valence-electron chi connectivity index (χ0n) is 14.0. The summed E-state index contributed by atoms with van der Waals surface area (Å²) in [5.41, 5.74) is 1.33. The zero-order chi connectivity index (χ0) is 15.7. The Hall–Kier alpha value is -0.570. The van der Waals surface area contributed by atoms with Crippen LogP contribution in [0.1, 0.15) is 51.6 Å². The van der Waals surface area contributed by atoms with E-state index in [1.165, 1.54) is 24.8 Å². The van der Waals surface area contributed by atoms with Gasteiger partial charge in [0.15, 0.2) is 0 Å². The number of nitrogens with one attached hydrogen (secondary N) is 1. The Morgan fingerprint density at radius 1 is 1.05 bits per heavy atom. The van der Waals surface area contributed by atoms with E-state index < -0.39 is 0 Å². The highest BCUT2D eigenvalue weighted by Gasteiger charge is 2.10. The lowest BCUT2D eigenvalue weighted by atomic mass is 10.1. The highest BCUT2D eigenvalue weighted by molar-refractivity contribution is 6.30. The molecule has 1 unspecified atom stereocenters. The summed E-state index contributed by atoms with van der Waals surface area (Å²) in [5.74, 6) is 0.747. The molecule has 1 aromatic rings. The van der Waals surface area contributed by atoms with Crippen LogP contribution in [0.25, 0.3) is 0 Å². The molecule has 21 heavy (non-hydrogen) atoms. The van der Waals surface area contributed by atoms with Crippen LogP contribution in [0.4, 0.5) is 0 Å². The monoisotopic (exact) mass is 310 g/mol. The van der Waals surface area contributed by atoms with Crippen molar-refractivity contribution in [2.24, 2.45) is 5.92 Å². The summed E-state index contributed by atoms with van der Waals surface area (Å²) in [6.07, 6.45) is 3.83. The molecular formula is C18H31ClN2.